The second kappa shape index (κ2) is 10.4. The lowest BCUT2D eigenvalue weighted by molar-refractivity contribution is -0.384. The maximum Gasteiger partial charge on any atom is 0.513 e. The molecule has 25 heavy (non-hydrogen) atoms. The molecule has 0 unspecified atom stereocenters. The van der Waals surface area contributed by atoms with Crippen LogP contribution in [0.1, 0.15) is 6.42 Å². The van der Waals surface area contributed by atoms with E-state index in [2.05, 4.69) is 11.9 Å². The zero-order valence-electron chi connectivity index (χ0n) is 13.3. The van der Waals surface area contributed by atoms with E-state index in [1.165, 1.54) is 35.4 Å². The van der Waals surface area contributed by atoms with Gasteiger partial charge in [0.2, 0.25) is 12.3 Å². The third kappa shape index (κ3) is 7.59. The van der Waals surface area contributed by atoms with Crippen LogP contribution in [0, 0.1) is 10.1 Å². The average molecular weight is 351 g/mol. The SMILES string of the molecule is C=CN(C=O)CCC(=O)NCCOC(=O)Oc1ccc([N+](=O)[O-])cc1. The van der Waals surface area contributed by atoms with Crippen LogP contribution in [0.2, 0.25) is 0 Å². The number of hydrogen-bond donors (Lipinski definition) is 1. The van der Waals surface area contributed by atoms with E-state index in [0.29, 0.717) is 6.41 Å². The Morgan fingerprint density at radius 2 is 2.00 bits per heavy atom. The average Bonchev–Trinajstić information content (AvgIpc) is 2.60. The Morgan fingerprint density at radius 1 is 1.32 bits per heavy atom. The quantitative estimate of drug-likeness (QED) is 0.168. The molecule has 0 heterocycles. The second-order valence-electron chi connectivity index (χ2n) is 4.58. The van der Waals surface area contributed by atoms with Crippen molar-refractivity contribution in [3.05, 3.63) is 47.2 Å². The number of amides is 2. The lowest BCUT2D eigenvalue weighted by Gasteiger charge is -2.11. The Bertz CT molecular complexity index is 623. The van der Waals surface area contributed by atoms with E-state index in [1.807, 2.05) is 0 Å². The Kier molecular flexibility index (Phi) is 8.13. The fourth-order valence-electron chi connectivity index (χ4n) is 1.59. The fraction of sp³-hybridized carbons (Fsp3) is 0.267. The van der Waals surface area contributed by atoms with Crippen LogP contribution in [0.3, 0.4) is 0 Å². The molecule has 0 aliphatic heterocycles. The summed E-state index contributed by atoms with van der Waals surface area (Å²) in [7, 11) is 0. The smallest absolute Gasteiger partial charge is 0.432 e. The van der Waals surface area contributed by atoms with Crippen LogP contribution >= 0.6 is 0 Å². The van der Waals surface area contributed by atoms with Crippen molar-refractivity contribution in [2.45, 2.75) is 6.42 Å². The molecule has 0 fully saturated rings. The Balaban J connectivity index is 2.21. The standard InChI is InChI=1S/C15H17N3O7/c1-2-17(11-19)9-7-14(20)16-8-10-24-15(21)25-13-5-3-12(4-6-13)18(22)23/h2-6,11H,1,7-10H2,(H,16,20). The van der Waals surface area contributed by atoms with Crippen LogP contribution in [0.15, 0.2) is 37.0 Å². The van der Waals surface area contributed by atoms with Gasteiger partial charge < -0.3 is 19.7 Å². The van der Waals surface area contributed by atoms with Crippen molar-refractivity contribution in [2.24, 2.45) is 0 Å². The number of hydrogen-bond acceptors (Lipinski definition) is 7. The van der Waals surface area contributed by atoms with Gasteiger partial charge in [-0.25, -0.2) is 4.79 Å². The lowest BCUT2D eigenvalue weighted by Crippen LogP contribution is -2.31. The van der Waals surface area contributed by atoms with E-state index in [0.717, 1.165) is 0 Å². The van der Waals surface area contributed by atoms with Crippen molar-refractivity contribution in [3.8, 4) is 5.75 Å². The van der Waals surface area contributed by atoms with Crippen molar-refractivity contribution in [1.29, 1.82) is 0 Å². The fourth-order valence-corrected chi connectivity index (χ4v) is 1.59. The molecular weight excluding hydrogens is 334 g/mol. The molecule has 0 spiro atoms. The number of rotatable bonds is 10. The Morgan fingerprint density at radius 3 is 2.56 bits per heavy atom. The minimum Gasteiger partial charge on any atom is -0.432 e. The number of nitrogens with one attached hydrogen (secondary N) is 1. The minimum absolute atomic E-state index is 0.0728. The molecule has 0 atom stereocenters. The summed E-state index contributed by atoms with van der Waals surface area (Å²) in [5.74, 6) is -0.223. The molecule has 1 N–H and O–H groups in total. The highest BCUT2D eigenvalue weighted by Gasteiger charge is 2.09. The molecule has 0 aliphatic rings. The van der Waals surface area contributed by atoms with Crippen molar-refractivity contribution in [3.63, 3.8) is 0 Å². The first-order chi connectivity index (χ1) is 12.0. The third-order valence-electron chi connectivity index (χ3n) is 2.86. The molecule has 10 nitrogen and oxygen atoms in total. The maximum atomic E-state index is 11.5. The van der Waals surface area contributed by atoms with Crippen LogP contribution in [0.25, 0.3) is 0 Å². The number of non-ortho nitro benzene ring substituents is 1. The molecule has 10 heteroatoms. The highest BCUT2D eigenvalue weighted by atomic mass is 16.7. The first kappa shape index (κ1) is 19.6. The highest BCUT2D eigenvalue weighted by molar-refractivity contribution is 5.76. The van der Waals surface area contributed by atoms with Crippen molar-refractivity contribution < 1.29 is 28.8 Å². The summed E-state index contributed by atoms with van der Waals surface area (Å²) >= 11 is 0. The largest absolute Gasteiger partial charge is 0.513 e. The summed E-state index contributed by atoms with van der Waals surface area (Å²) in [5, 5.41) is 13.0. The molecule has 0 bridgehead atoms. The highest BCUT2D eigenvalue weighted by Crippen LogP contribution is 2.17. The van der Waals surface area contributed by atoms with Crippen LogP contribution in [-0.4, -0.2) is 48.0 Å². The van der Waals surface area contributed by atoms with Crippen molar-refractivity contribution in [1.82, 2.24) is 10.2 Å². The zero-order valence-corrected chi connectivity index (χ0v) is 13.3. The van der Waals surface area contributed by atoms with Crippen LogP contribution < -0.4 is 10.1 Å². The van der Waals surface area contributed by atoms with Gasteiger partial charge in [-0.2, -0.15) is 0 Å². The number of nitrogens with zero attached hydrogens (tertiary/aromatic N) is 2. The van der Waals surface area contributed by atoms with Gasteiger partial charge in [-0.1, -0.05) is 6.58 Å². The van der Waals surface area contributed by atoms with Crippen LogP contribution in [0.5, 0.6) is 5.75 Å². The first-order valence-electron chi connectivity index (χ1n) is 7.15. The summed E-state index contributed by atoms with van der Waals surface area (Å²) in [5.41, 5.74) is -0.131. The van der Waals surface area contributed by atoms with E-state index in [9.17, 15) is 24.5 Å². The number of nitro groups is 1. The molecule has 1 rings (SSSR count). The molecule has 0 saturated heterocycles. The first-order valence-corrected chi connectivity index (χ1v) is 7.15. The summed E-state index contributed by atoms with van der Waals surface area (Å²) in [6.07, 6.45) is 0.939. The van der Waals surface area contributed by atoms with Gasteiger partial charge in [0.15, 0.2) is 0 Å². The van der Waals surface area contributed by atoms with E-state index >= 15 is 0 Å². The van der Waals surface area contributed by atoms with E-state index in [-0.39, 0.29) is 43.5 Å². The topological polar surface area (TPSA) is 128 Å². The van der Waals surface area contributed by atoms with E-state index in [1.54, 1.807) is 0 Å². The van der Waals surface area contributed by atoms with Crippen LogP contribution in [0.4, 0.5) is 10.5 Å². The van der Waals surface area contributed by atoms with E-state index in [4.69, 9.17) is 9.47 Å². The van der Waals surface area contributed by atoms with Crippen molar-refractivity contribution in [2.75, 3.05) is 19.7 Å². The summed E-state index contributed by atoms with van der Waals surface area (Å²) in [6.45, 7) is 3.57. The second-order valence-corrected chi connectivity index (χ2v) is 4.58. The lowest BCUT2D eigenvalue weighted by atomic mass is 10.3. The van der Waals surface area contributed by atoms with Gasteiger partial charge in [-0.05, 0) is 18.3 Å². The summed E-state index contributed by atoms with van der Waals surface area (Å²) < 4.78 is 9.56. The molecule has 1 aromatic rings. The van der Waals surface area contributed by atoms with Gasteiger partial charge in [0, 0.05) is 25.1 Å². The normalized spacial score (nSPS) is 9.60. The molecule has 0 aromatic heterocycles. The van der Waals surface area contributed by atoms with Gasteiger partial charge in [0.25, 0.3) is 5.69 Å². The third-order valence-corrected chi connectivity index (χ3v) is 2.86. The molecule has 0 saturated carbocycles. The number of ether oxygens (including phenoxy) is 2. The zero-order chi connectivity index (χ0) is 18.7. The maximum absolute atomic E-state index is 11.5. The predicted molar refractivity (Wildman–Crippen MR) is 85.7 cm³/mol. The van der Waals surface area contributed by atoms with Gasteiger partial charge in [0.1, 0.15) is 12.4 Å². The molecule has 1 aromatic carbocycles. The summed E-state index contributed by atoms with van der Waals surface area (Å²) in [6, 6.07) is 4.91. The molecule has 134 valence electrons. The van der Waals surface area contributed by atoms with Crippen molar-refractivity contribution >= 4 is 24.2 Å². The van der Waals surface area contributed by atoms with Gasteiger partial charge in [-0.15, -0.1) is 0 Å². The minimum atomic E-state index is -0.998. The Labute approximate surface area is 143 Å². The van der Waals surface area contributed by atoms with Gasteiger partial charge >= 0.3 is 6.16 Å². The van der Waals surface area contributed by atoms with Gasteiger partial charge in [0.05, 0.1) is 11.5 Å². The number of carbonyl (C=O) groups excluding carboxylic acids is 3. The molecular formula is C15H17N3O7. The predicted octanol–water partition coefficient (Wildman–Crippen LogP) is 1.22. The Hall–Kier alpha value is -3.43. The molecule has 0 radical (unpaired) electrons. The van der Waals surface area contributed by atoms with Gasteiger partial charge in [-0.3, -0.25) is 19.7 Å². The number of carbonyl (C=O) groups is 3. The summed E-state index contributed by atoms with van der Waals surface area (Å²) in [4.78, 5) is 44.6. The molecule has 0 aliphatic carbocycles. The number of benzene rings is 1. The monoisotopic (exact) mass is 351 g/mol. The van der Waals surface area contributed by atoms with E-state index < -0.39 is 11.1 Å². The number of nitro benzene ring substituents is 1. The molecule has 2 amide bonds. The van der Waals surface area contributed by atoms with Crippen LogP contribution in [-0.2, 0) is 14.3 Å².